The predicted molar refractivity (Wildman–Crippen MR) is 114 cm³/mol. The highest BCUT2D eigenvalue weighted by atomic mass is 32.1. The molecule has 1 amide bonds. The van der Waals surface area contributed by atoms with Crippen molar-refractivity contribution >= 4 is 29.0 Å². The zero-order chi connectivity index (χ0) is 20.1. The highest BCUT2D eigenvalue weighted by Gasteiger charge is 2.07. The largest absolute Gasteiger partial charge is 0.351 e. The Kier molecular flexibility index (Phi) is 6.46. The summed E-state index contributed by atoms with van der Waals surface area (Å²) < 4.78 is 4.12. The first-order chi connectivity index (χ1) is 13.5. The van der Waals surface area contributed by atoms with Gasteiger partial charge in [0.1, 0.15) is 0 Å². The number of para-hydroxylation sites is 1. The molecule has 0 aliphatic heterocycles. The Labute approximate surface area is 169 Å². The Hall–Kier alpha value is -2.67. The van der Waals surface area contributed by atoms with Crippen LogP contribution in [0.4, 0.5) is 0 Å². The summed E-state index contributed by atoms with van der Waals surface area (Å²) in [6.45, 7) is 3.15. The number of nitrogens with one attached hydrogen (secondary N) is 2. The van der Waals surface area contributed by atoms with Gasteiger partial charge in [0, 0.05) is 31.4 Å². The Morgan fingerprint density at radius 3 is 2.68 bits per heavy atom. The first-order valence-electron chi connectivity index (χ1n) is 9.57. The van der Waals surface area contributed by atoms with Crippen molar-refractivity contribution in [1.29, 1.82) is 0 Å². The SMILES string of the molecule is Cc1ccc(CNC(=O)CCCCCn2c(=S)[nH]c3ccccc3c2=O)n1C. The molecule has 2 aromatic heterocycles. The van der Waals surface area contributed by atoms with Crippen LogP contribution in [0, 0.1) is 11.7 Å². The second kappa shape index (κ2) is 9.01. The van der Waals surface area contributed by atoms with Gasteiger partial charge in [-0.2, -0.15) is 0 Å². The van der Waals surface area contributed by atoms with Crippen molar-refractivity contribution in [2.75, 3.05) is 0 Å². The third-order valence-corrected chi connectivity index (χ3v) is 5.44. The lowest BCUT2D eigenvalue weighted by molar-refractivity contribution is -0.121. The molecule has 0 bridgehead atoms. The van der Waals surface area contributed by atoms with E-state index in [1.165, 1.54) is 5.69 Å². The molecule has 148 valence electrons. The van der Waals surface area contributed by atoms with Crippen LogP contribution in [-0.2, 0) is 24.9 Å². The van der Waals surface area contributed by atoms with Crippen molar-refractivity contribution in [2.24, 2.45) is 7.05 Å². The van der Waals surface area contributed by atoms with E-state index in [9.17, 15) is 9.59 Å². The van der Waals surface area contributed by atoms with E-state index in [1.807, 2.05) is 44.3 Å². The second-order valence-electron chi connectivity index (χ2n) is 7.04. The lowest BCUT2D eigenvalue weighted by Crippen LogP contribution is -2.24. The maximum atomic E-state index is 12.6. The van der Waals surface area contributed by atoms with Gasteiger partial charge >= 0.3 is 0 Å². The van der Waals surface area contributed by atoms with Crippen molar-refractivity contribution in [2.45, 2.75) is 45.7 Å². The van der Waals surface area contributed by atoms with Gasteiger partial charge in [-0.25, -0.2) is 0 Å². The smallest absolute Gasteiger partial charge is 0.262 e. The molecule has 28 heavy (non-hydrogen) atoms. The molecule has 0 aliphatic rings. The molecule has 0 saturated heterocycles. The Morgan fingerprint density at radius 2 is 1.93 bits per heavy atom. The molecule has 0 spiro atoms. The number of benzene rings is 1. The third-order valence-electron chi connectivity index (χ3n) is 5.12. The molecule has 7 heteroatoms. The molecule has 6 nitrogen and oxygen atoms in total. The molecular weight excluding hydrogens is 372 g/mol. The fourth-order valence-electron chi connectivity index (χ4n) is 3.26. The lowest BCUT2D eigenvalue weighted by Gasteiger charge is -2.09. The summed E-state index contributed by atoms with van der Waals surface area (Å²) in [7, 11) is 2.00. The topological polar surface area (TPSA) is 71.8 Å². The van der Waals surface area contributed by atoms with Crippen molar-refractivity contribution in [3.63, 3.8) is 0 Å². The number of carbonyl (C=O) groups excluding carboxylic acids is 1. The number of H-pyrrole nitrogens is 1. The minimum atomic E-state index is -0.0602. The van der Waals surface area contributed by atoms with Gasteiger partial charge in [0.25, 0.3) is 5.56 Å². The Bertz CT molecular complexity index is 1090. The van der Waals surface area contributed by atoms with Crippen LogP contribution in [0.5, 0.6) is 0 Å². The normalized spacial score (nSPS) is 11.1. The summed E-state index contributed by atoms with van der Waals surface area (Å²) in [6, 6.07) is 11.5. The van der Waals surface area contributed by atoms with Gasteiger partial charge in [0.15, 0.2) is 4.77 Å². The van der Waals surface area contributed by atoms with Crippen LogP contribution in [0.3, 0.4) is 0 Å². The molecule has 0 radical (unpaired) electrons. The number of hydrogen-bond acceptors (Lipinski definition) is 3. The monoisotopic (exact) mass is 398 g/mol. The van der Waals surface area contributed by atoms with Gasteiger partial charge < -0.3 is 14.9 Å². The third kappa shape index (κ3) is 4.59. The molecule has 0 saturated carbocycles. The van der Waals surface area contributed by atoms with E-state index < -0.39 is 0 Å². The van der Waals surface area contributed by atoms with E-state index >= 15 is 0 Å². The van der Waals surface area contributed by atoms with Crippen LogP contribution in [-0.4, -0.2) is 20.0 Å². The summed E-state index contributed by atoms with van der Waals surface area (Å²) in [6.07, 6.45) is 2.95. The number of hydrogen-bond donors (Lipinski definition) is 2. The molecule has 0 atom stereocenters. The second-order valence-corrected chi connectivity index (χ2v) is 7.43. The fraction of sp³-hybridized carbons (Fsp3) is 0.381. The van der Waals surface area contributed by atoms with Crippen molar-refractivity contribution in [1.82, 2.24) is 19.4 Å². The fourth-order valence-corrected chi connectivity index (χ4v) is 3.54. The number of unbranched alkanes of at least 4 members (excludes halogenated alkanes) is 2. The highest BCUT2D eigenvalue weighted by molar-refractivity contribution is 7.71. The summed E-state index contributed by atoms with van der Waals surface area (Å²) in [5, 5.41) is 3.61. The van der Waals surface area contributed by atoms with Crippen LogP contribution in [0.15, 0.2) is 41.2 Å². The van der Waals surface area contributed by atoms with Gasteiger partial charge in [0.2, 0.25) is 5.91 Å². The van der Waals surface area contributed by atoms with Crippen LogP contribution < -0.4 is 10.9 Å². The summed E-state index contributed by atoms with van der Waals surface area (Å²) in [4.78, 5) is 27.7. The number of aryl methyl sites for hydroxylation is 1. The van der Waals surface area contributed by atoms with E-state index in [4.69, 9.17) is 12.2 Å². The maximum absolute atomic E-state index is 12.6. The minimum Gasteiger partial charge on any atom is -0.351 e. The standard InChI is InChI=1S/C21H26N4O2S/c1-15-11-12-16(24(15)2)14-22-19(26)10-4-3-7-13-25-20(27)17-8-5-6-9-18(17)23-21(25)28/h5-6,8-9,11-12H,3-4,7,10,13-14H2,1-2H3,(H,22,26)(H,23,28). The molecule has 0 aliphatic carbocycles. The van der Waals surface area contributed by atoms with Crippen molar-refractivity contribution < 1.29 is 4.79 Å². The van der Waals surface area contributed by atoms with Crippen LogP contribution in [0.2, 0.25) is 0 Å². The Balaban J connectivity index is 1.44. The molecule has 0 unspecified atom stereocenters. The van der Waals surface area contributed by atoms with Gasteiger partial charge in [-0.3, -0.25) is 14.2 Å². The van der Waals surface area contributed by atoms with E-state index in [1.54, 1.807) is 10.6 Å². The summed E-state index contributed by atoms with van der Waals surface area (Å²) in [5.74, 6) is 0.0546. The number of carbonyl (C=O) groups is 1. The summed E-state index contributed by atoms with van der Waals surface area (Å²) >= 11 is 5.32. The lowest BCUT2D eigenvalue weighted by atomic mass is 10.2. The number of aromatic nitrogens is 3. The molecule has 1 aromatic carbocycles. The highest BCUT2D eigenvalue weighted by Crippen LogP contribution is 2.08. The molecule has 3 rings (SSSR count). The van der Waals surface area contributed by atoms with Gasteiger partial charge in [-0.05, 0) is 56.2 Å². The Morgan fingerprint density at radius 1 is 1.14 bits per heavy atom. The molecule has 3 aromatic rings. The van der Waals surface area contributed by atoms with Crippen LogP contribution >= 0.6 is 12.2 Å². The van der Waals surface area contributed by atoms with E-state index in [0.29, 0.717) is 29.7 Å². The zero-order valence-electron chi connectivity index (χ0n) is 16.3. The maximum Gasteiger partial charge on any atom is 0.262 e. The first kappa shape index (κ1) is 20.1. The van der Waals surface area contributed by atoms with Crippen LogP contribution in [0.25, 0.3) is 10.9 Å². The van der Waals surface area contributed by atoms with Crippen LogP contribution in [0.1, 0.15) is 37.1 Å². The van der Waals surface area contributed by atoms with E-state index in [0.717, 1.165) is 30.5 Å². The molecule has 2 heterocycles. The number of nitrogens with zero attached hydrogens (tertiary/aromatic N) is 2. The number of aromatic amines is 1. The average Bonchev–Trinajstić information content (AvgIpc) is 3.00. The first-order valence-corrected chi connectivity index (χ1v) is 9.98. The quantitative estimate of drug-likeness (QED) is 0.450. The van der Waals surface area contributed by atoms with E-state index in [2.05, 4.69) is 14.9 Å². The molecular formula is C21H26N4O2S. The summed E-state index contributed by atoms with van der Waals surface area (Å²) in [5.41, 5.74) is 2.97. The number of rotatable bonds is 8. The van der Waals surface area contributed by atoms with Gasteiger partial charge in [0.05, 0.1) is 17.4 Å². The predicted octanol–water partition coefficient (Wildman–Crippen LogP) is 3.58. The van der Waals surface area contributed by atoms with Crippen molar-refractivity contribution in [3.05, 3.63) is 62.9 Å². The minimum absolute atomic E-state index is 0.0546. The molecule has 0 fully saturated rings. The van der Waals surface area contributed by atoms with Gasteiger partial charge in [-0.1, -0.05) is 18.6 Å². The van der Waals surface area contributed by atoms with E-state index in [-0.39, 0.29) is 11.5 Å². The zero-order valence-corrected chi connectivity index (χ0v) is 17.1. The molecule has 2 N–H and O–H groups in total. The number of amides is 1. The number of fused-ring (bicyclic) bond motifs is 1. The van der Waals surface area contributed by atoms with Crippen molar-refractivity contribution in [3.8, 4) is 0 Å². The average molecular weight is 399 g/mol. The van der Waals surface area contributed by atoms with Gasteiger partial charge in [-0.15, -0.1) is 0 Å².